The second kappa shape index (κ2) is 6.42. The average Bonchev–Trinajstić information content (AvgIpc) is 2.46. The molecule has 116 valence electrons. The van der Waals surface area contributed by atoms with Gasteiger partial charge in [-0.15, -0.1) is 0 Å². The summed E-state index contributed by atoms with van der Waals surface area (Å²) in [7, 11) is -2.50. The number of carbonyl (C=O) groups is 1. The van der Waals surface area contributed by atoms with E-state index in [2.05, 4.69) is 9.46 Å². The number of nitrogen functional groups attached to an aromatic ring is 1. The van der Waals surface area contributed by atoms with Crippen LogP contribution in [-0.4, -0.2) is 40.8 Å². The maximum absolute atomic E-state index is 12.3. The van der Waals surface area contributed by atoms with Crippen molar-refractivity contribution in [3.63, 3.8) is 0 Å². The minimum atomic E-state index is -3.75. The van der Waals surface area contributed by atoms with Crippen LogP contribution < -0.4 is 10.5 Å². The van der Waals surface area contributed by atoms with Gasteiger partial charge in [0.25, 0.3) is 0 Å². The van der Waals surface area contributed by atoms with Crippen LogP contribution in [0.3, 0.4) is 0 Å². The van der Waals surface area contributed by atoms with Crippen LogP contribution >= 0.6 is 0 Å². The Hall–Kier alpha value is -1.64. The third kappa shape index (κ3) is 3.72. The maximum Gasteiger partial charge on any atom is 0.337 e. The van der Waals surface area contributed by atoms with Gasteiger partial charge in [-0.05, 0) is 31.0 Å². The van der Waals surface area contributed by atoms with Crippen molar-refractivity contribution in [2.45, 2.75) is 23.8 Å². The lowest BCUT2D eigenvalue weighted by atomic mass is 10.1. The van der Waals surface area contributed by atoms with E-state index in [9.17, 15) is 13.2 Å². The first kappa shape index (κ1) is 15.7. The van der Waals surface area contributed by atoms with Crippen molar-refractivity contribution in [1.82, 2.24) is 4.72 Å². The van der Waals surface area contributed by atoms with Crippen molar-refractivity contribution >= 4 is 21.7 Å². The highest BCUT2D eigenvalue weighted by Crippen LogP contribution is 2.21. The summed E-state index contributed by atoms with van der Waals surface area (Å²) in [5.41, 5.74) is 5.95. The van der Waals surface area contributed by atoms with Gasteiger partial charge in [0.05, 0.1) is 25.0 Å². The molecule has 1 aromatic carbocycles. The van der Waals surface area contributed by atoms with Gasteiger partial charge in [0.1, 0.15) is 4.90 Å². The summed E-state index contributed by atoms with van der Waals surface area (Å²) in [6, 6.07) is 3.70. The van der Waals surface area contributed by atoms with Gasteiger partial charge in [0.2, 0.25) is 10.0 Å². The second-order valence-electron chi connectivity index (χ2n) is 4.78. The fourth-order valence-electron chi connectivity index (χ4n) is 2.15. The van der Waals surface area contributed by atoms with E-state index >= 15 is 0 Å². The number of nitrogens with one attached hydrogen (secondary N) is 1. The van der Waals surface area contributed by atoms with Gasteiger partial charge < -0.3 is 15.2 Å². The lowest BCUT2D eigenvalue weighted by Crippen LogP contribution is -2.40. The van der Waals surface area contributed by atoms with Gasteiger partial charge >= 0.3 is 5.97 Å². The van der Waals surface area contributed by atoms with E-state index in [1.807, 2.05) is 0 Å². The van der Waals surface area contributed by atoms with Gasteiger partial charge in [-0.2, -0.15) is 0 Å². The first-order valence-corrected chi connectivity index (χ1v) is 8.00. The molecule has 21 heavy (non-hydrogen) atoms. The molecule has 0 saturated carbocycles. The molecule has 2 rings (SSSR count). The molecule has 1 aliphatic rings. The zero-order valence-electron chi connectivity index (χ0n) is 11.7. The molecule has 7 nitrogen and oxygen atoms in total. The number of hydrogen-bond acceptors (Lipinski definition) is 6. The third-order valence-electron chi connectivity index (χ3n) is 3.20. The van der Waals surface area contributed by atoms with Gasteiger partial charge in [-0.25, -0.2) is 17.9 Å². The molecule has 1 fully saturated rings. The van der Waals surface area contributed by atoms with E-state index in [1.165, 1.54) is 25.3 Å². The number of carbonyl (C=O) groups excluding carboxylic acids is 1. The van der Waals surface area contributed by atoms with Crippen LogP contribution in [0.2, 0.25) is 0 Å². The van der Waals surface area contributed by atoms with Gasteiger partial charge in [-0.1, -0.05) is 0 Å². The molecule has 1 heterocycles. The fraction of sp³-hybridized carbons (Fsp3) is 0.462. The monoisotopic (exact) mass is 314 g/mol. The molecule has 1 saturated heterocycles. The number of hydrogen-bond donors (Lipinski definition) is 2. The third-order valence-corrected chi connectivity index (χ3v) is 4.80. The lowest BCUT2D eigenvalue weighted by Gasteiger charge is -2.23. The highest BCUT2D eigenvalue weighted by atomic mass is 32.2. The number of ether oxygens (including phenoxy) is 2. The topological polar surface area (TPSA) is 108 Å². The molecule has 1 aliphatic heterocycles. The molecule has 0 aromatic heterocycles. The van der Waals surface area contributed by atoms with Crippen molar-refractivity contribution in [1.29, 1.82) is 0 Å². The Balaban J connectivity index is 2.21. The molecular formula is C13H18N2O5S. The zero-order valence-corrected chi connectivity index (χ0v) is 12.5. The number of methoxy groups -OCH3 is 1. The smallest absolute Gasteiger partial charge is 0.337 e. The minimum Gasteiger partial charge on any atom is -0.465 e. The Morgan fingerprint density at radius 3 is 2.81 bits per heavy atom. The molecule has 0 spiro atoms. The molecular weight excluding hydrogens is 296 g/mol. The van der Waals surface area contributed by atoms with E-state index in [4.69, 9.17) is 10.5 Å². The Kier molecular flexibility index (Phi) is 4.81. The molecule has 1 atom stereocenters. The van der Waals surface area contributed by atoms with Gasteiger partial charge in [-0.3, -0.25) is 0 Å². The lowest BCUT2D eigenvalue weighted by molar-refractivity contribution is 0.0600. The number of esters is 1. The predicted octanol–water partition coefficient (Wildman–Crippen LogP) is 0.513. The molecule has 8 heteroatoms. The SMILES string of the molecule is COC(=O)c1ccc(S(=O)(=O)NC2CCCOC2)c(N)c1. The first-order valence-electron chi connectivity index (χ1n) is 6.52. The molecule has 1 unspecified atom stereocenters. The van der Waals surface area contributed by atoms with E-state index in [0.717, 1.165) is 12.8 Å². The number of nitrogens with two attached hydrogens (primary N) is 1. The molecule has 0 bridgehead atoms. The molecule has 0 aliphatic carbocycles. The van der Waals surface area contributed by atoms with E-state index < -0.39 is 16.0 Å². The summed E-state index contributed by atoms with van der Waals surface area (Å²) in [4.78, 5) is 11.3. The van der Waals surface area contributed by atoms with Crippen molar-refractivity contribution in [2.24, 2.45) is 0 Å². The van der Waals surface area contributed by atoms with Gasteiger partial charge in [0, 0.05) is 12.6 Å². The second-order valence-corrected chi connectivity index (χ2v) is 6.46. The van der Waals surface area contributed by atoms with Crippen LogP contribution in [0, 0.1) is 0 Å². The quantitative estimate of drug-likeness (QED) is 0.619. The van der Waals surface area contributed by atoms with Crippen molar-refractivity contribution in [3.05, 3.63) is 23.8 Å². The van der Waals surface area contributed by atoms with Crippen molar-refractivity contribution in [2.75, 3.05) is 26.1 Å². The number of rotatable bonds is 4. The van der Waals surface area contributed by atoms with E-state index in [0.29, 0.717) is 13.2 Å². The minimum absolute atomic E-state index is 0.00197. The molecule has 0 amide bonds. The summed E-state index contributed by atoms with van der Waals surface area (Å²) in [5, 5.41) is 0. The van der Waals surface area contributed by atoms with E-state index in [-0.39, 0.29) is 22.2 Å². The number of sulfonamides is 1. The number of benzene rings is 1. The summed E-state index contributed by atoms with van der Waals surface area (Å²) in [5.74, 6) is -0.570. The fourth-order valence-corrected chi connectivity index (χ4v) is 3.52. The van der Waals surface area contributed by atoms with Crippen LogP contribution in [0.15, 0.2) is 23.1 Å². The summed E-state index contributed by atoms with van der Waals surface area (Å²) in [6.45, 7) is 0.994. The zero-order chi connectivity index (χ0) is 15.5. The highest BCUT2D eigenvalue weighted by Gasteiger charge is 2.24. The number of anilines is 1. The van der Waals surface area contributed by atoms with Crippen LogP contribution in [0.4, 0.5) is 5.69 Å². The molecule has 1 aromatic rings. The Morgan fingerprint density at radius 1 is 1.48 bits per heavy atom. The molecule has 0 radical (unpaired) electrons. The van der Waals surface area contributed by atoms with Crippen LogP contribution in [-0.2, 0) is 19.5 Å². The largest absolute Gasteiger partial charge is 0.465 e. The van der Waals surface area contributed by atoms with Crippen LogP contribution in [0.5, 0.6) is 0 Å². The highest BCUT2D eigenvalue weighted by molar-refractivity contribution is 7.89. The Labute approximate surface area is 123 Å². The first-order chi connectivity index (χ1) is 9.94. The maximum atomic E-state index is 12.3. The Morgan fingerprint density at radius 2 is 2.24 bits per heavy atom. The summed E-state index contributed by atoms with van der Waals surface area (Å²) >= 11 is 0. The van der Waals surface area contributed by atoms with Crippen molar-refractivity contribution in [3.8, 4) is 0 Å². The summed E-state index contributed by atoms with van der Waals surface area (Å²) < 4.78 is 37.0. The summed E-state index contributed by atoms with van der Waals surface area (Å²) in [6.07, 6.45) is 1.53. The predicted molar refractivity (Wildman–Crippen MR) is 76.4 cm³/mol. The van der Waals surface area contributed by atoms with Crippen LogP contribution in [0.1, 0.15) is 23.2 Å². The average molecular weight is 314 g/mol. The van der Waals surface area contributed by atoms with Gasteiger partial charge in [0.15, 0.2) is 0 Å². The normalized spacial score (nSPS) is 19.2. The standard InChI is InChI=1S/C13H18N2O5S/c1-19-13(16)9-4-5-12(11(14)7-9)21(17,18)15-10-3-2-6-20-8-10/h4-5,7,10,15H,2-3,6,8,14H2,1H3. The van der Waals surface area contributed by atoms with E-state index in [1.54, 1.807) is 0 Å². The van der Waals surface area contributed by atoms with Crippen LogP contribution in [0.25, 0.3) is 0 Å². The molecule has 3 N–H and O–H groups in total. The van der Waals surface area contributed by atoms with Crippen molar-refractivity contribution < 1.29 is 22.7 Å². The Bertz CT molecular complexity index is 623.